The fraction of sp³-hybridized carbons (Fsp3) is 0.450. The molecular formula is C20H26O4. The van der Waals surface area contributed by atoms with Crippen molar-refractivity contribution in [3.63, 3.8) is 0 Å². The Morgan fingerprint density at radius 2 is 1.54 bits per heavy atom. The van der Waals surface area contributed by atoms with Gasteiger partial charge < -0.3 is 14.2 Å². The summed E-state index contributed by atoms with van der Waals surface area (Å²) in [7, 11) is 0. The molecule has 0 radical (unpaired) electrons. The highest BCUT2D eigenvalue weighted by atomic mass is 16.5. The molecule has 0 aromatic rings. The van der Waals surface area contributed by atoms with Crippen LogP contribution in [-0.2, 0) is 25.4 Å². The summed E-state index contributed by atoms with van der Waals surface area (Å²) in [5.74, 6) is -0.241. The van der Waals surface area contributed by atoms with Gasteiger partial charge in [-0.2, -0.15) is 0 Å². The Morgan fingerprint density at radius 1 is 0.833 bits per heavy atom. The lowest BCUT2D eigenvalue weighted by Crippen LogP contribution is -2.07. The molecule has 0 fully saturated rings. The maximum Gasteiger partial charge on any atom is 0.302 e. The van der Waals surface area contributed by atoms with Gasteiger partial charge in [0.25, 0.3) is 0 Å². The number of hydrogen-bond donors (Lipinski definition) is 0. The number of rotatable bonds is 11. The highest BCUT2D eigenvalue weighted by Crippen LogP contribution is 2.26. The van der Waals surface area contributed by atoms with E-state index in [1.54, 1.807) is 0 Å². The van der Waals surface area contributed by atoms with Gasteiger partial charge in [-0.3, -0.25) is 4.79 Å². The zero-order valence-corrected chi connectivity index (χ0v) is 14.3. The highest BCUT2D eigenvalue weighted by Gasteiger charge is 2.06. The van der Waals surface area contributed by atoms with Crippen molar-refractivity contribution in [3.05, 3.63) is 48.0 Å². The van der Waals surface area contributed by atoms with Crippen LogP contribution in [0.3, 0.4) is 0 Å². The second-order valence-corrected chi connectivity index (χ2v) is 5.66. The molecule has 0 N–H and O–H groups in total. The highest BCUT2D eigenvalue weighted by molar-refractivity contribution is 5.70. The average molecular weight is 330 g/mol. The van der Waals surface area contributed by atoms with Gasteiger partial charge in [0.2, 0.25) is 0 Å². The van der Waals surface area contributed by atoms with Crippen LogP contribution >= 0.6 is 0 Å². The molecule has 0 aliphatic heterocycles. The van der Waals surface area contributed by atoms with Gasteiger partial charge in [0.15, 0.2) is 0 Å². The molecule has 4 heteroatoms. The first-order valence-corrected chi connectivity index (χ1v) is 8.53. The van der Waals surface area contributed by atoms with Crippen molar-refractivity contribution in [3.8, 4) is 11.1 Å². The van der Waals surface area contributed by atoms with E-state index in [4.69, 9.17) is 14.2 Å². The molecule has 0 spiro atoms. The maximum atomic E-state index is 10.6. The SMILES string of the molecule is CC(=O)OCCCOCCCOCCc1ccc2cccccc1-2. The van der Waals surface area contributed by atoms with Gasteiger partial charge in [0.1, 0.15) is 0 Å². The number of esters is 1. The Kier molecular flexibility index (Phi) is 8.28. The van der Waals surface area contributed by atoms with E-state index in [1.165, 1.54) is 23.6 Å². The van der Waals surface area contributed by atoms with Gasteiger partial charge in [-0.1, -0.05) is 42.5 Å². The molecular weight excluding hydrogens is 304 g/mol. The van der Waals surface area contributed by atoms with E-state index in [0.717, 1.165) is 25.9 Å². The van der Waals surface area contributed by atoms with Crippen LogP contribution in [0.15, 0.2) is 42.5 Å². The largest absolute Gasteiger partial charge is 0.466 e. The summed E-state index contributed by atoms with van der Waals surface area (Å²) in [4.78, 5) is 10.6. The molecule has 0 aromatic carbocycles. The van der Waals surface area contributed by atoms with Crippen LogP contribution in [0.25, 0.3) is 11.1 Å². The van der Waals surface area contributed by atoms with Crippen molar-refractivity contribution in [2.75, 3.05) is 33.0 Å². The summed E-state index contributed by atoms with van der Waals surface area (Å²) in [6.07, 6.45) is 2.54. The zero-order chi connectivity index (χ0) is 17.0. The molecule has 130 valence electrons. The van der Waals surface area contributed by atoms with Gasteiger partial charge in [-0.15, -0.1) is 0 Å². The predicted molar refractivity (Wildman–Crippen MR) is 94.3 cm³/mol. The number of ether oxygens (including phenoxy) is 3. The van der Waals surface area contributed by atoms with Gasteiger partial charge in [-0.25, -0.2) is 0 Å². The lowest BCUT2D eigenvalue weighted by molar-refractivity contribution is -0.141. The van der Waals surface area contributed by atoms with Crippen LogP contribution in [0.1, 0.15) is 25.3 Å². The summed E-state index contributed by atoms with van der Waals surface area (Å²) in [6, 6.07) is 14.8. The second kappa shape index (κ2) is 10.8. The van der Waals surface area contributed by atoms with E-state index in [2.05, 4.69) is 36.4 Å². The Bertz CT molecular complexity index is 582. The van der Waals surface area contributed by atoms with Crippen LogP contribution in [0.4, 0.5) is 0 Å². The predicted octanol–water partition coefficient (Wildman–Crippen LogP) is 3.71. The summed E-state index contributed by atoms with van der Waals surface area (Å²) in [6.45, 7) is 4.56. The van der Waals surface area contributed by atoms with E-state index in [-0.39, 0.29) is 5.97 Å². The molecule has 0 saturated carbocycles. The Labute approximate surface area is 144 Å². The van der Waals surface area contributed by atoms with E-state index in [1.807, 2.05) is 6.07 Å². The number of fused-ring (bicyclic) bond motifs is 1. The first-order valence-electron chi connectivity index (χ1n) is 8.53. The molecule has 0 heterocycles. The third-order valence-electron chi connectivity index (χ3n) is 3.71. The summed E-state index contributed by atoms with van der Waals surface area (Å²) >= 11 is 0. The van der Waals surface area contributed by atoms with Crippen molar-refractivity contribution in [2.24, 2.45) is 0 Å². The monoisotopic (exact) mass is 330 g/mol. The molecule has 0 saturated heterocycles. The van der Waals surface area contributed by atoms with E-state index < -0.39 is 0 Å². The molecule has 0 atom stereocenters. The van der Waals surface area contributed by atoms with Crippen molar-refractivity contribution < 1.29 is 19.0 Å². The average Bonchev–Trinajstić information content (AvgIpc) is 2.79. The molecule has 0 amide bonds. The maximum absolute atomic E-state index is 10.6. The lowest BCUT2D eigenvalue weighted by Gasteiger charge is -2.06. The van der Waals surface area contributed by atoms with Gasteiger partial charge >= 0.3 is 5.97 Å². The molecule has 0 unspecified atom stereocenters. The molecule has 24 heavy (non-hydrogen) atoms. The van der Waals surface area contributed by atoms with E-state index in [0.29, 0.717) is 26.4 Å². The van der Waals surface area contributed by atoms with Crippen molar-refractivity contribution in [2.45, 2.75) is 26.2 Å². The summed E-state index contributed by atoms with van der Waals surface area (Å²) in [5, 5.41) is 0. The van der Waals surface area contributed by atoms with Crippen LogP contribution in [0.5, 0.6) is 0 Å². The first-order chi connectivity index (χ1) is 11.8. The molecule has 0 aromatic heterocycles. The van der Waals surface area contributed by atoms with Crippen LogP contribution in [-0.4, -0.2) is 39.0 Å². The summed E-state index contributed by atoms with van der Waals surface area (Å²) in [5.41, 5.74) is 3.92. The van der Waals surface area contributed by atoms with Gasteiger partial charge in [-0.05, 0) is 29.5 Å². The minimum Gasteiger partial charge on any atom is -0.466 e. The third-order valence-corrected chi connectivity index (χ3v) is 3.71. The Balaban J connectivity index is 1.49. The number of carbonyl (C=O) groups excluding carboxylic acids is 1. The van der Waals surface area contributed by atoms with Gasteiger partial charge in [0, 0.05) is 33.2 Å². The lowest BCUT2D eigenvalue weighted by atomic mass is 10.1. The zero-order valence-electron chi connectivity index (χ0n) is 14.3. The Morgan fingerprint density at radius 3 is 2.33 bits per heavy atom. The topological polar surface area (TPSA) is 44.8 Å². The van der Waals surface area contributed by atoms with E-state index >= 15 is 0 Å². The molecule has 2 aliphatic carbocycles. The Hall–Kier alpha value is -1.91. The van der Waals surface area contributed by atoms with Crippen LogP contribution in [0, 0.1) is 0 Å². The standard InChI is InChI=1S/C20H26O4/c1-17(21)24-15-6-14-22-12-5-13-23-16-11-19-10-9-18-7-3-2-4-8-20(18)19/h2-4,7-10H,5-6,11-16H2,1H3. The second-order valence-electron chi connectivity index (χ2n) is 5.66. The molecule has 2 rings (SSSR count). The minimum absolute atomic E-state index is 0.241. The fourth-order valence-corrected chi connectivity index (χ4v) is 2.52. The van der Waals surface area contributed by atoms with Crippen molar-refractivity contribution in [1.29, 1.82) is 0 Å². The van der Waals surface area contributed by atoms with Crippen LogP contribution in [0.2, 0.25) is 0 Å². The van der Waals surface area contributed by atoms with Crippen molar-refractivity contribution in [1.82, 2.24) is 0 Å². The van der Waals surface area contributed by atoms with Gasteiger partial charge in [0.05, 0.1) is 13.2 Å². The number of hydrogen-bond acceptors (Lipinski definition) is 4. The molecule has 2 aliphatic rings. The minimum atomic E-state index is -0.241. The smallest absolute Gasteiger partial charge is 0.302 e. The quantitative estimate of drug-likeness (QED) is 0.465. The normalized spacial score (nSPS) is 10.9. The van der Waals surface area contributed by atoms with Crippen LogP contribution < -0.4 is 0 Å². The van der Waals surface area contributed by atoms with E-state index in [9.17, 15) is 4.79 Å². The number of carbonyl (C=O) groups is 1. The molecule has 0 bridgehead atoms. The summed E-state index contributed by atoms with van der Waals surface area (Å²) < 4.78 is 16.0. The third kappa shape index (κ3) is 6.69. The first kappa shape index (κ1) is 18.4. The molecule has 4 nitrogen and oxygen atoms in total. The van der Waals surface area contributed by atoms with Crippen molar-refractivity contribution >= 4 is 5.97 Å². The fourth-order valence-electron chi connectivity index (χ4n) is 2.52.